The highest BCUT2D eigenvalue weighted by Gasteiger charge is 2.12. The van der Waals surface area contributed by atoms with Crippen molar-refractivity contribution in [1.29, 1.82) is 0 Å². The van der Waals surface area contributed by atoms with E-state index in [2.05, 4.69) is 36.4 Å². The number of aromatic nitrogens is 2. The molecular formula is C14H19N3O. The average molecular weight is 245 g/mol. The smallest absolute Gasteiger partial charge is 0.148 e. The summed E-state index contributed by atoms with van der Waals surface area (Å²) in [7, 11) is 3.61. The largest absolute Gasteiger partial charge is 0.496 e. The maximum atomic E-state index is 5.42. The summed E-state index contributed by atoms with van der Waals surface area (Å²) in [5.74, 6) is 1.78. The van der Waals surface area contributed by atoms with Crippen molar-refractivity contribution in [1.82, 2.24) is 9.78 Å². The predicted molar refractivity (Wildman–Crippen MR) is 73.0 cm³/mol. The lowest BCUT2D eigenvalue weighted by atomic mass is 10.1. The predicted octanol–water partition coefficient (Wildman–Crippen LogP) is 2.91. The number of benzene rings is 1. The van der Waals surface area contributed by atoms with E-state index in [4.69, 9.17) is 4.74 Å². The highest BCUT2D eigenvalue weighted by molar-refractivity contribution is 5.44. The Morgan fingerprint density at radius 3 is 2.72 bits per heavy atom. The van der Waals surface area contributed by atoms with Crippen LogP contribution in [0.4, 0.5) is 5.82 Å². The maximum absolute atomic E-state index is 5.42. The molecule has 0 saturated heterocycles. The van der Waals surface area contributed by atoms with E-state index in [1.807, 2.05) is 25.4 Å². The zero-order chi connectivity index (χ0) is 13.1. The molecule has 1 heterocycles. The van der Waals surface area contributed by atoms with Crippen molar-refractivity contribution in [2.24, 2.45) is 7.05 Å². The number of ether oxygens (including phenoxy) is 1. The molecule has 1 N–H and O–H groups in total. The van der Waals surface area contributed by atoms with Gasteiger partial charge in [-0.2, -0.15) is 5.10 Å². The molecule has 18 heavy (non-hydrogen) atoms. The summed E-state index contributed by atoms with van der Waals surface area (Å²) in [6, 6.07) is 8.34. The van der Waals surface area contributed by atoms with Gasteiger partial charge in [-0.3, -0.25) is 4.68 Å². The molecule has 0 fully saturated rings. The molecule has 0 amide bonds. The zero-order valence-electron chi connectivity index (χ0n) is 11.3. The Morgan fingerprint density at radius 2 is 2.11 bits per heavy atom. The number of aryl methyl sites for hydroxylation is 2. The molecule has 1 unspecified atom stereocenters. The van der Waals surface area contributed by atoms with Gasteiger partial charge >= 0.3 is 0 Å². The van der Waals surface area contributed by atoms with Gasteiger partial charge in [0.05, 0.1) is 13.2 Å². The van der Waals surface area contributed by atoms with Gasteiger partial charge in [0.1, 0.15) is 11.6 Å². The van der Waals surface area contributed by atoms with E-state index in [9.17, 15) is 0 Å². The van der Waals surface area contributed by atoms with Crippen LogP contribution in [0.2, 0.25) is 0 Å². The van der Waals surface area contributed by atoms with Crippen molar-refractivity contribution in [3.05, 3.63) is 41.6 Å². The van der Waals surface area contributed by atoms with Crippen molar-refractivity contribution >= 4 is 5.82 Å². The van der Waals surface area contributed by atoms with Crippen LogP contribution in [0.3, 0.4) is 0 Å². The molecule has 2 rings (SSSR count). The Labute approximate surface area is 108 Å². The fourth-order valence-corrected chi connectivity index (χ4v) is 1.97. The first-order valence-electron chi connectivity index (χ1n) is 6.01. The van der Waals surface area contributed by atoms with Crippen molar-refractivity contribution in [3.63, 3.8) is 0 Å². The Bertz CT molecular complexity index is 534. The molecule has 0 aliphatic carbocycles. The molecule has 4 heteroatoms. The van der Waals surface area contributed by atoms with Crippen molar-refractivity contribution in [2.75, 3.05) is 12.4 Å². The van der Waals surface area contributed by atoms with Gasteiger partial charge in [0.25, 0.3) is 0 Å². The standard InChI is InChI=1S/C14H19N3O/c1-10-5-6-12(13(9-10)18-4)11(2)15-14-7-8-17(3)16-14/h5-9,11H,1-4H3,(H,15,16). The third kappa shape index (κ3) is 2.64. The fraction of sp³-hybridized carbons (Fsp3) is 0.357. The molecule has 1 aromatic carbocycles. The van der Waals surface area contributed by atoms with Crippen LogP contribution in [0.5, 0.6) is 5.75 Å². The highest BCUT2D eigenvalue weighted by atomic mass is 16.5. The molecule has 0 radical (unpaired) electrons. The van der Waals surface area contributed by atoms with E-state index in [0.717, 1.165) is 17.1 Å². The first-order chi connectivity index (χ1) is 8.60. The molecular weight excluding hydrogens is 226 g/mol. The molecule has 0 saturated carbocycles. The molecule has 96 valence electrons. The Balaban J connectivity index is 2.20. The van der Waals surface area contributed by atoms with Gasteiger partial charge in [0.15, 0.2) is 0 Å². The Hall–Kier alpha value is -1.97. The quantitative estimate of drug-likeness (QED) is 0.900. The minimum Gasteiger partial charge on any atom is -0.496 e. The minimum absolute atomic E-state index is 0.149. The molecule has 0 aliphatic rings. The number of hydrogen-bond donors (Lipinski definition) is 1. The van der Waals surface area contributed by atoms with Gasteiger partial charge in [-0.1, -0.05) is 12.1 Å². The van der Waals surface area contributed by atoms with Gasteiger partial charge in [-0.15, -0.1) is 0 Å². The summed E-state index contributed by atoms with van der Waals surface area (Å²) < 4.78 is 7.20. The van der Waals surface area contributed by atoms with Crippen molar-refractivity contribution in [2.45, 2.75) is 19.9 Å². The molecule has 0 spiro atoms. The molecule has 1 aromatic heterocycles. The monoisotopic (exact) mass is 245 g/mol. The van der Waals surface area contributed by atoms with Crippen LogP contribution < -0.4 is 10.1 Å². The lowest BCUT2D eigenvalue weighted by Crippen LogP contribution is -2.09. The lowest BCUT2D eigenvalue weighted by Gasteiger charge is -2.17. The van der Waals surface area contributed by atoms with E-state index in [-0.39, 0.29) is 6.04 Å². The number of nitrogens with one attached hydrogen (secondary N) is 1. The van der Waals surface area contributed by atoms with Crippen LogP contribution in [0.25, 0.3) is 0 Å². The first-order valence-corrected chi connectivity index (χ1v) is 6.01. The van der Waals surface area contributed by atoms with E-state index in [1.54, 1.807) is 11.8 Å². The third-order valence-electron chi connectivity index (χ3n) is 2.93. The van der Waals surface area contributed by atoms with Gasteiger partial charge < -0.3 is 10.1 Å². The van der Waals surface area contributed by atoms with Gasteiger partial charge in [0.2, 0.25) is 0 Å². The van der Waals surface area contributed by atoms with Crippen LogP contribution >= 0.6 is 0 Å². The second kappa shape index (κ2) is 5.12. The lowest BCUT2D eigenvalue weighted by molar-refractivity contribution is 0.407. The van der Waals surface area contributed by atoms with E-state index >= 15 is 0 Å². The highest BCUT2D eigenvalue weighted by Crippen LogP contribution is 2.28. The topological polar surface area (TPSA) is 39.1 Å². The summed E-state index contributed by atoms with van der Waals surface area (Å²) >= 11 is 0. The summed E-state index contributed by atoms with van der Waals surface area (Å²) in [4.78, 5) is 0. The number of hydrogen-bond acceptors (Lipinski definition) is 3. The molecule has 4 nitrogen and oxygen atoms in total. The second-order valence-corrected chi connectivity index (χ2v) is 4.49. The number of nitrogens with zero attached hydrogens (tertiary/aromatic N) is 2. The van der Waals surface area contributed by atoms with Gasteiger partial charge in [-0.05, 0) is 25.5 Å². The molecule has 1 atom stereocenters. The Morgan fingerprint density at radius 1 is 1.33 bits per heavy atom. The molecule has 0 bridgehead atoms. The van der Waals surface area contributed by atoms with Crippen LogP contribution in [0, 0.1) is 6.92 Å². The Kier molecular flexibility index (Phi) is 3.55. The zero-order valence-corrected chi connectivity index (χ0v) is 11.3. The van der Waals surface area contributed by atoms with Gasteiger partial charge in [0, 0.05) is 24.9 Å². The summed E-state index contributed by atoms with van der Waals surface area (Å²) in [6.45, 7) is 4.16. The van der Waals surface area contributed by atoms with E-state index < -0.39 is 0 Å². The van der Waals surface area contributed by atoms with Crippen LogP contribution in [0.15, 0.2) is 30.5 Å². The summed E-state index contributed by atoms with van der Waals surface area (Å²) in [6.07, 6.45) is 1.92. The van der Waals surface area contributed by atoms with Crippen LogP contribution in [0.1, 0.15) is 24.1 Å². The fourth-order valence-electron chi connectivity index (χ4n) is 1.97. The third-order valence-corrected chi connectivity index (χ3v) is 2.93. The average Bonchev–Trinajstić information content (AvgIpc) is 2.74. The molecule has 0 aliphatic heterocycles. The summed E-state index contributed by atoms with van der Waals surface area (Å²) in [5, 5.41) is 7.68. The van der Waals surface area contributed by atoms with Crippen molar-refractivity contribution < 1.29 is 4.74 Å². The normalized spacial score (nSPS) is 12.2. The number of rotatable bonds is 4. The van der Waals surface area contributed by atoms with Gasteiger partial charge in [-0.25, -0.2) is 0 Å². The van der Waals surface area contributed by atoms with E-state index in [1.165, 1.54) is 5.56 Å². The maximum Gasteiger partial charge on any atom is 0.148 e. The number of methoxy groups -OCH3 is 1. The first kappa shape index (κ1) is 12.5. The van der Waals surface area contributed by atoms with Crippen LogP contribution in [-0.2, 0) is 7.05 Å². The second-order valence-electron chi connectivity index (χ2n) is 4.49. The molecule has 2 aromatic rings. The van der Waals surface area contributed by atoms with Crippen LogP contribution in [-0.4, -0.2) is 16.9 Å². The minimum atomic E-state index is 0.149. The van der Waals surface area contributed by atoms with E-state index in [0.29, 0.717) is 0 Å². The number of anilines is 1. The summed E-state index contributed by atoms with van der Waals surface area (Å²) in [5.41, 5.74) is 2.33. The van der Waals surface area contributed by atoms with Crippen molar-refractivity contribution in [3.8, 4) is 5.75 Å². The SMILES string of the molecule is COc1cc(C)ccc1C(C)Nc1ccn(C)n1.